The second-order valence-electron chi connectivity index (χ2n) is 7.13. The van der Waals surface area contributed by atoms with Gasteiger partial charge in [0.1, 0.15) is 0 Å². The molecule has 0 amide bonds. The minimum Gasteiger partial charge on any atom is -0.296 e. The van der Waals surface area contributed by atoms with E-state index in [9.17, 15) is 4.79 Å². The van der Waals surface area contributed by atoms with E-state index in [1.165, 1.54) is 9.41 Å². The topological polar surface area (TPSA) is 50.2 Å². The average molecular weight is 410 g/mol. The molecule has 0 radical (unpaired) electrons. The average Bonchev–Trinajstić information content (AvgIpc) is 3.21. The lowest BCUT2D eigenvalue weighted by atomic mass is 10.1. The molecule has 3 aromatic carbocycles. The van der Waals surface area contributed by atoms with E-state index >= 15 is 0 Å². The number of aryl methyl sites for hydroxylation is 1. The third kappa shape index (κ3) is 3.44. The van der Waals surface area contributed by atoms with Gasteiger partial charge < -0.3 is 0 Å². The van der Waals surface area contributed by atoms with E-state index in [1.54, 1.807) is 18.0 Å². The van der Waals surface area contributed by atoms with Gasteiger partial charge in [-0.2, -0.15) is 0 Å². The number of rotatable bonds is 4. The molecule has 5 heteroatoms. The lowest BCUT2D eigenvalue weighted by Gasteiger charge is -2.05. The highest BCUT2D eigenvalue weighted by molar-refractivity contribution is 7.99. The maximum atomic E-state index is 13.0. The van der Waals surface area contributed by atoms with Gasteiger partial charge in [0, 0.05) is 27.7 Å². The summed E-state index contributed by atoms with van der Waals surface area (Å²) in [6.45, 7) is 2.03. The van der Waals surface area contributed by atoms with Crippen LogP contribution in [0.15, 0.2) is 106 Å². The fourth-order valence-electron chi connectivity index (χ4n) is 3.43. The molecule has 2 aromatic heterocycles. The Labute approximate surface area is 178 Å². The number of H-pyrrole nitrogens is 1. The highest BCUT2D eigenvalue weighted by atomic mass is 32.2. The molecule has 0 saturated carbocycles. The molecule has 0 aliphatic rings. The number of nitrogens with one attached hydrogen (secondary N) is 1. The summed E-state index contributed by atoms with van der Waals surface area (Å²) in [6.07, 6.45) is 3.50. The van der Waals surface area contributed by atoms with E-state index in [2.05, 4.69) is 46.5 Å². The van der Waals surface area contributed by atoms with Crippen molar-refractivity contribution in [3.8, 4) is 22.3 Å². The van der Waals surface area contributed by atoms with Gasteiger partial charge >= 0.3 is 0 Å². The standard InChI is InChI=1S/C25H19N3OS/c1-17-7-9-19(10-8-17)23-15-26-24-22(16-27-28(24)25(23)29)18-11-13-21(14-12-18)30-20-5-3-2-4-6-20/h2-16,27H,1H3. The molecule has 30 heavy (non-hydrogen) atoms. The highest BCUT2D eigenvalue weighted by Gasteiger charge is 2.13. The minimum atomic E-state index is -0.105. The fourth-order valence-corrected chi connectivity index (χ4v) is 4.27. The molecule has 2 heterocycles. The first-order valence-corrected chi connectivity index (χ1v) is 10.5. The lowest BCUT2D eigenvalue weighted by molar-refractivity contribution is 0.902. The number of nitrogens with zero attached hydrogens (tertiary/aromatic N) is 2. The van der Waals surface area contributed by atoms with Gasteiger partial charge in [0.05, 0.1) is 5.56 Å². The molecule has 0 aliphatic heterocycles. The van der Waals surface area contributed by atoms with Gasteiger partial charge in [-0.3, -0.25) is 9.89 Å². The van der Waals surface area contributed by atoms with Crippen LogP contribution in [0.1, 0.15) is 5.56 Å². The number of hydrogen-bond donors (Lipinski definition) is 1. The van der Waals surface area contributed by atoms with E-state index < -0.39 is 0 Å². The van der Waals surface area contributed by atoms with Crippen molar-refractivity contribution >= 4 is 17.4 Å². The predicted molar refractivity (Wildman–Crippen MR) is 122 cm³/mol. The molecule has 0 fully saturated rings. The number of aromatic nitrogens is 3. The Morgan fingerprint density at radius 1 is 0.800 bits per heavy atom. The molecule has 5 aromatic rings. The van der Waals surface area contributed by atoms with Crippen LogP contribution in [-0.2, 0) is 0 Å². The van der Waals surface area contributed by atoms with Gasteiger partial charge in [0.15, 0.2) is 5.65 Å². The molecule has 0 atom stereocenters. The Morgan fingerprint density at radius 2 is 1.43 bits per heavy atom. The molecule has 0 aliphatic carbocycles. The maximum absolute atomic E-state index is 13.0. The van der Waals surface area contributed by atoms with Crippen molar-refractivity contribution in [2.75, 3.05) is 0 Å². The summed E-state index contributed by atoms with van der Waals surface area (Å²) in [7, 11) is 0. The van der Waals surface area contributed by atoms with Gasteiger partial charge in [-0.15, -0.1) is 0 Å². The SMILES string of the molecule is Cc1ccc(-c2cnc3c(-c4ccc(Sc5ccccc5)cc4)c[nH]n3c2=O)cc1. The van der Waals surface area contributed by atoms with Crippen LogP contribution in [0.2, 0.25) is 0 Å². The first kappa shape index (κ1) is 18.5. The summed E-state index contributed by atoms with van der Waals surface area (Å²) in [4.78, 5) is 20.0. The molecule has 5 rings (SSSR count). The van der Waals surface area contributed by atoms with Gasteiger partial charge in [0.2, 0.25) is 0 Å². The molecule has 0 unspecified atom stereocenters. The minimum absolute atomic E-state index is 0.105. The molecule has 0 spiro atoms. The van der Waals surface area contributed by atoms with Gasteiger partial charge in [0.25, 0.3) is 5.56 Å². The smallest absolute Gasteiger partial charge is 0.280 e. The van der Waals surface area contributed by atoms with Crippen LogP contribution in [0.5, 0.6) is 0 Å². The van der Waals surface area contributed by atoms with Crippen molar-refractivity contribution in [2.24, 2.45) is 0 Å². The zero-order valence-electron chi connectivity index (χ0n) is 16.4. The zero-order valence-corrected chi connectivity index (χ0v) is 17.2. The van der Waals surface area contributed by atoms with Gasteiger partial charge in [-0.25, -0.2) is 9.50 Å². The summed E-state index contributed by atoms with van der Waals surface area (Å²) < 4.78 is 1.51. The number of aromatic amines is 1. The molecule has 4 nitrogen and oxygen atoms in total. The Bertz CT molecular complexity index is 1370. The third-order valence-corrected chi connectivity index (χ3v) is 6.06. The summed E-state index contributed by atoms with van der Waals surface area (Å²) in [6, 6.07) is 26.5. The lowest BCUT2D eigenvalue weighted by Crippen LogP contribution is -2.16. The number of hydrogen-bond acceptors (Lipinski definition) is 3. The largest absolute Gasteiger partial charge is 0.296 e. The fraction of sp³-hybridized carbons (Fsp3) is 0.0400. The summed E-state index contributed by atoms with van der Waals surface area (Å²) in [5.41, 5.74) is 5.04. The van der Waals surface area contributed by atoms with Gasteiger partial charge in [-0.1, -0.05) is 71.9 Å². The molecule has 0 bridgehead atoms. The van der Waals surface area contributed by atoms with Crippen LogP contribution in [-0.4, -0.2) is 14.6 Å². The molecular weight excluding hydrogens is 390 g/mol. The highest BCUT2D eigenvalue weighted by Crippen LogP contribution is 2.30. The van der Waals surface area contributed by atoms with E-state index in [-0.39, 0.29) is 5.56 Å². The van der Waals surface area contributed by atoms with Crippen molar-refractivity contribution < 1.29 is 0 Å². The Kier molecular flexibility index (Phi) is 4.73. The van der Waals surface area contributed by atoms with Crippen LogP contribution >= 0.6 is 11.8 Å². The van der Waals surface area contributed by atoms with Crippen molar-refractivity contribution in [3.63, 3.8) is 0 Å². The molecule has 146 valence electrons. The van der Waals surface area contributed by atoms with Crippen LogP contribution in [0.3, 0.4) is 0 Å². The Balaban J connectivity index is 1.49. The Morgan fingerprint density at radius 3 is 2.17 bits per heavy atom. The second-order valence-corrected chi connectivity index (χ2v) is 8.28. The normalized spacial score (nSPS) is 11.1. The first-order valence-electron chi connectivity index (χ1n) is 9.68. The van der Waals surface area contributed by atoms with Crippen molar-refractivity contribution in [1.82, 2.24) is 14.6 Å². The van der Waals surface area contributed by atoms with E-state index in [0.29, 0.717) is 11.2 Å². The van der Waals surface area contributed by atoms with Crippen molar-refractivity contribution in [1.29, 1.82) is 0 Å². The maximum Gasteiger partial charge on any atom is 0.280 e. The summed E-state index contributed by atoms with van der Waals surface area (Å²) in [5, 5.41) is 3.07. The van der Waals surface area contributed by atoms with Gasteiger partial charge in [-0.05, 0) is 42.3 Å². The Hall–Kier alpha value is -3.57. The van der Waals surface area contributed by atoms with E-state index in [0.717, 1.165) is 27.1 Å². The van der Waals surface area contributed by atoms with Crippen LogP contribution in [0.25, 0.3) is 27.9 Å². The molecular formula is C25H19N3OS. The summed E-state index contributed by atoms with van der Waals surface area (Å²) >= 11 is 1.72. The van der Waals surface area contributed by atoms with Crippen LogP contribution in [0.4, 0.5) is 0 Å². The summed E-state index contributed by atoms with van der Waals surface area (Å²) in [5.74, 6) is 0. The van der Waals surface area contributed by atoms with Crippen molar-refractivity contribution in [3.05, 3.63) is 107 Å². The monoisotopic (exact) mass is 409 g/mol. The second kappa shape index (κ2) is 7.69. The molecule has 0 saturated heterocycles. The third-order valence-electron chi connectivity index (χ3n) is 5.05. The number of fused-ring (bicyclic) bond motifs is 1. The van der Waals surface area contributed by atoms with E-state index in [4.69, 9.17) is 0 Å². The van der Waals surface area contributed by atoms with E-state index in [1.807, 2.05) is 55.6 Å². The van der Waals surface area contributed by atoms with Crippen LogP contribution in [0, 0.1) is 6.92 Å². The predicted octanol–water partition coefficient (Wildman–Crippen LogP) is 5.82. The molecule has 1 N–H and O–H groups in total. The zero-order chi connectivity index (χ0) is 20.5. The van der Waals surface area contributed by atoms with Crippen molar-refractivity contribution in [2.45, 2.75) is 16.7 Å². The first-order chi connectivity index (χ1) is 14.7. The number of benzene rings is 3. The quantitative estimate of drug-likeness (QED) is 0.407. The van der Waals surface area contributed by atoms with Crippen LogP contribution < -0.4 is 5.56 Å².